The summed E-state index contributed by atoms with van der Waals surface area (Å²) in [6.07, 6.45) is 1.35. The highest BCUT2D eigenvalue weighted by molar-refractivity contribution is 5.95. The third-order valence-corrected chi connectivity index (χ3v) is 6.66. The Morgan fingerprint density at radius 2 is 1.76 bits per heavy atom. The van der Waals surface area contributed by atoms with Crippen molar-refractivity contribution in [1.29, 1.82) is 0 Å². The Hall–Kier alpha value is -2.81. The molecule has 2 amide bonds. The highest BCUT2D eigenvalue weighted by Gasteiger charge is 2.35. The zero-order valence-corrected chi connectivity index (χ0v) is 24.0. The molecule has 3 rings (SSSR count). The zero-order valence-electron chi connectivity index (χ0n) is 23.1. The lowest BCUT2D eigenvalue weighted by molar-refractivity contribution is -0.136. The van der Waals surface area contributed by atoms with Crippen molar-refractivity contribution in [2.24, 2.45) is 5.92 Å². The Balaban J connectivity index is 0.00000507. The molecule has 0 unspecified atom stereocenters. The summed E-state index contributed by atoms with van der Waals surface area (Å²) in [5.41, 5.74) is 1.63. The first-order chi connectivity index (χ1) is 17.8. The number of methoxy groups -OCH3 is 2. The maximum Gasteiger partial charge on any atom is 0.254 e. The fraction of sp³-hybridized carbons (Fsp3) is 0.517. The number of ether oxygens (including phenoxy) is 3. The molecule has 2 aromatic rings. The quantitative estimate of drug-likeness (QED) is 0.404. The van der Waals surface area contributed by atoms with Crippen molar-refractivity contribution in [2.75, 3.05) is 47.6 Å². The fourth-order valence-electron chi connectivity index (χ4n) is 4.85. The first kappa shape index (κ1) is 31.4. The summed E-state index contributed by atoms with van der Waals surface area (Å²) in [4.78, 5) is 30.7. The third kappa shape index (κ3) is 8.35. The lowest BCUT2D eigenvalue weighted by Gasteiger charge is -2.40. The molecule has 9 heteroatoms. The van der Waals surface area contributed by atoms with Crippen LogP contribution < -0.4 is 14.8 Å². The van der Waals surface area contributed by atoms with E-state index in [0.717, 1.165) is 12.0 Å². The predicted octanol–water partition coefficient (Wildman–Crippen LogP) is 4.02. The summed E-state index contributed by atoms with van der Waals surface area (Å²) in [7, 11) is 5.08. The summed E-state index contributed by atoms with van der Waals surface area (Å²) < 4.78 is 16.4. The molecule has 38 heavy (non-hydrogen) atoms. The van der Waals surface area contributed by atoms with E-state index in [1.807, 2.05) is 56.1 Å². The van der Waals surface area contributed by atoms with E-state index in [9.17, 15) is 9.59 Å². The Kier molecular flexibility index (Phi) is 12.9. The normalized spacial score (nSPS) is 16.9. The number of hydrogen-bond donors (Lipinski definition) is 1. The molecule has 1 saturated heterocycles. The van der Waals surface area contributed by atoms with Gasteiger partial charge in [0.25, 0.3) is 5.91 Å². The Labute approximate surface area is 233 Å². The van der Waals surface area contributed by atoms with Crippen molar-refractivity contribution in [3.05, 3.63) is 59.7 Å². The molecule has 0 spiro atoms. The van der Waals surface area contributed by atoms with E-state index in [-0.39, 0.29) is 42.2 Å². The first-order valence-corrected chi connectivity index (χ1v) is 13.0. The van der Waals surface area contributed by atoms with Gasteiger partial charge in [0, 0.05) is 64.5 Å². The van der Waals surface area contributed by atoms with E-state index < -0.39 is 0 Å². The van der Waals surface area contributed by atoms with Crippen LogP contribution >= 0.6 is 12.4 Å². The topological polar surface area (TPSA) is 80.3 Å². The second kappa shape index (κ2) is 15.6. The first-order valence-electron chi connectivity index (χ1n) is 13.0. The molecule has 2 aromatic carbocycles. The minimum absolute atomic E-state index is 0. The van der Waals surface area contributed by atoms with E-state index in [1.54, 1.807) is 37.3 Å². The van der Waals surface area contributed by atoms with Crippen molar-refractivity contribution < 1.29 is 23.8 Å². The molecule has 1 heterocycles. The van der Waals surface area contributed by atoms with Crippen LogP contribution in [0.5, 0.6) is 11.5 Å². The standard InChI is InChI=1S/C29H41N3O5.ClH/c1-21(2)32(29(34)23-12-13-26(36-5)27(17-23)37-15-9-14-35-4)25-16-24(18-30-19-25)28(33)31(3)20-22-10-7-6-8-11-22;/h6-8,10-13,17,21,24-25,30H,9,14-16,18-20H2,1-5H3;1H/t24-,25+;/m0./s1. The minimum Gasteiger partial charge on any atom is -0.493 e. The number of hydrogen-bond acceptors (Lipinski definition) is 6. The van der Waals surface area contributed by atoms with Crippen LogP contribution in [-0.2, 0) is 16.1 Å². The van der Waals surface area contributed by atoms with Crippen LogP contribution in [0.25, 0.3) is 0 Å². The van der Waals surface area contributed by atoms with Crippen LogP contribution in [0.4, 0.5) is 0 Å². The molecule has 2 atom stereocenters. The second-order valence-corrected chi connectivity index (χ2v) is 9.79. The zero-order chi connectivity index (χ0) is 26.8. The molecule has 8 nitrogen and oxygen atoms in total. The molecule has 1 fully saturated rings. The van der Waals surface area contributed by atoms with Crippen molar-refractivity contribution in [1.82, 2.24) is 15.1 Å². The van der Waals surface area contributed by atoms with Gasteiger partial charge in [0.15, 0.2) is 11.5 Å². The SMILES string of the molecule is COCCCOc1cc(C(=O)N(C(C)C)[C@H]2CNC[C@@H](C(=O)N(C)Cc3ccccc3)C2)ccc1OC.Cl. The number of piperidine rings is 1. The fourth-order valence-corrected chi connectivity index (χ4v) is 4.85. The van der Waals surface area contributed by atoms with E-state index in [1.165, 1.54) is 0 Å². The average molecular weight is 548 g/mol. The third-order valence-electron chi connectivity index (χ3n) is 6.66. The second-order valence-electron chi connectivity index (χ2n) is 9.79. The van der Waals surface area contributed by atoms with Gasteiger partial charge >= 0.3 is 0 Å². The van der Waals surface area contributed by atoms with Gasteiger partial charge in [0.05, 0.1) is 19.6 Å². The summed E-state index contributed by atoms with van der Waals surface area (Å²) >= 11 is 0. The number of benzene rings is 2. The molecule has 210 valence electrons. The Morgan fingerprint density at radius 1 is 1.03 bits per heavy atom. The van der Waals surface area contributed by atoms with Gasteiger partial charge in [0.1, 0.15) is 0 Å². The van der Waals surface area contributed by atoms with Crippen LogP contribution in [0.3, 0.4) is 0 Å². The Morgan fingerprint density at radius 3 is 2.42 bits per heavy atom. The van der Waals surface area contributed by atoms with Crippen LogP contribution in [0.15, 0.2) is 48.5 Å². The van der Waals surface area contributed by atoms with Crippen LogP contribution in [0, 0.1) is 5.92 Å². The molecule has 0 saturated carbocycles. The molecule has 0 bridgehead atoms. The highest BCUT2D eigenvalue weighted by Crippen LogP contribution is 2.30. The predicted molar refractivity (Wildman–Crippen MR) is 151 cm³/mol. The van der Waals surface area contributed by atoms with Gasteiger partial charge in [-0.05, 0) is 44.0 Å². The van der Waals surface area contributed by atoms with Gasteiger partial charge in [-0.1, -0.05) is 30.3 Å². The van der Waals surface area contributed by atoms with E-state index in [2.05, 4.69) is 5.32 Å². The van der Waals surface area contributed by atoms with Crippen molar-refractivity contribution in [3.63, 3.8) is 0 Å². The van der Waals surface area contributed by atoms with Gasteiger partial charge in [-0.2, -0.15) is 0 Å². The summed E-state index contributed by atoms with van der Waals surface area (Å²) in [6.45, 7) is 6.89. The molecule has 1 aliphatic heterocycles. The molecular weight excluding hydrogens is 506 g/mol. The maximum absolute atomic E-state index is 13.8. The van der Waals surface area contributed by atoms with Crippen molar-refractivity contribution in [3.8, 4) is 11.5 Å². The van der Waals surface area contributed by atoms with Gasteiger partial charge in [-0.15, -0.1) is 12.4 Å². The number of halogens is 1. The molecule has 0 radical (unpaired) electrons. The summed E-state index contributed by atoms with van der Waals surface area (Å²) in [6, 6.07) is 15.1. The minimum atomic E-state index is -0.197. The molecule has 1 N–H and O–H groups in total. The summed E-state index contributed by atoms with van der Waals surface area (Å²) in [5.74, 6) is 0.921. The monoisotopic (exact) mass is 547 g/mol. The average Bonchev–Trinajstić information content (AvgIpc) is 2.91. The number of rotatable bonds is 12. The van der Waals surface area contributed by atoms with Crippen molar-refractivity contribution in [2.45, 2.75) is 45.3 Å². The largest absolute Gasteiger partial charge is 0.493 e. The number of amides is 2. The van der Waals surface area contributed by atoms with Gasteiger partial charge in [0.2, 0.25) is 5.91 Å². The van der Waals surface area contributed by atoms with E-state index in [4.69, 9.17) is 14.2 Å². The molecule has 0 aliphatic carbocycles. The highest BCUT2D eigenvalue weighted by atomic mass is 35.5. The van der Waals surface area contributed by atoms with Crippen molar-refractivity contribution >= 4 is 24.2 Å². The number of carbonyl (C=O) groups excluding carboxylic acids is 2. The number of nitrogens with one attached hydrogen (secondary N) is 1. The van der Waals surface area contributed by atoms with Gasteiger partial charge < -0.3 is 29.3 Å². The number of carbonyl (C=O) groups is 2. The molecule has 0 aromatic heterocycles. The van der Waals surface area contributed by atoms with E-state index >= 15 is 0 Å². The molecule has 1 aliphatic rings. The summed E-state index contributed by atoms with van der Waals surface area (Å²) in [5, 5.41) is 3.40. The Bertz CT molecular complexity index is 1020. The van der Waals surface area contributed by atoms with E-state index in [0.29, 0.717) is 56.3 Å². The van der Waals surface area contributed by atoms with Crippen LogP contribution in [-0.4, -0.2) is 81.3 Å². The van der Waals surface area contributed by atoms with Crippen LogP contribution in [0.1, 0.15) is 42.6 Å². The van der Waals surface area contributed by atoms with Gasteiger partial charge in [-0.25, -0.2) is 0 Å². The molecular formula is C29H42ClN3O5. The maximum atomic E-state index is 13.8. The van der Waals surface area contributed by atoms with Crippen LogP contribution in [0.2, 0.25) is 0 Å². The smallest absolute Gasteiger partial charge is 0.254 e. The number of nitrogens with zero attached hydrogens (tertiary/aromatic N) is 2. The van der Waals surface area contributed by atoms with Gasteiger partial charge in [-0.3, -0.25) is 9.59 Å². The lowest BCUT2D eigenvalue weighted by atomic mass is 9.92. The lowest BCUT2D eigenvalue weighted by Crippen LogP contribution is -2.55.